The van der Waals surface area contributed by atoms with E-state index in [0.29, 0.717) is 5.75 Å². The number of aliphatic carboxylic acids is 1. The van der Waals surface area contributed by atoms with E-state index in [-0.39, 0.29) is 32.7 Å². The molecule has 0 saturated carbocycles. The van der Waals surface area contributed by atoms with E-state index >= 15 is 0 Å². The van der Waals surface area contributed by atoms with Crippen molar-refractivity contribution in [2.45, 2.75) is 18.6 Å². The van der Waals surface area contributed by atoms with Crippen molar-refractivity contribution in [1.29, 1.82) is 0 Å². The fourth-order valence-electron chi connectivity index (χ4n) is 2.99. The quantitative estimate of drug-likeness (QED) is 0.416. The van der Waals surface area contributed by atoms with Crippen molar-refractivity contribution in [3.8, 4) is 11.3 Å². The zero-order chi connectivity index (χ0) is 22.8. The normalized spacial score (nSPS) is 16.9. The summed E-state index contributed by atoms with van der Waals surface area (Å²) in [4.78, 5) is 25.6. The lowest BCUT2D eigenvalue weighted by Crippen LogP contribution is -2.44. The first-order valence-corrected chi connectivity index (χ1v) is 11.5. The summed E-state index contributed by atoms with van der Waals surface area (Å²) < 4.78 is 45.4. The number of benzene rings is 1. The van der Waals surface area contributed by atoms with Crippen molar-refractivity contribution in [1.82, 2.24) is 4.90 Å². The largest absolute Gasteiger partial charge is 0.480 e. The van der Waals surface area contributed by atoms with Crippen LogP contribution in [0.1, 0.15) is 17.7 Å². The summed E-state index contributed by atoms with van der Waals surface area (Å²) in [6, 6.07) is 6.76. The number of thiocarbonyl (C=S) groups is 1. The molecule has 11 heteroatoms. The molecule has 1 unspecified atom stereocenters. The number of alkyl halides is 3. The number of carboxylic acid groups (broad SMARTS) is 1. The first-order chi connectivity index (χ1) is 14.6. The second-order valence-electron chi connectivity index (χ2n) is 6.43. The molecule has 0 bridgehead atoms. The minimum Gasteiger partial charge on any atom is -0.480 e. The molecule has 1 aromatic carbocycles. The molecule has 1 aliphatic rings. The van der Waals surface area contributed by atoms with Crippen molar-refractivity contribution in [3.05, 3.63) is 52.6 Å². The number of amides is 1. The van der Waals surface area contributed by atoms with Crippen molar-refractivity contribution in [2.75, 3.05) is 12.0 Å². The number of rotatable bonds is 7. The van der Waals surface area contributed by atoms with E-state index in [2.05, 4.69) is 0 Å². The van der Waals surface area contributed by atoms with Crippen LogP contribution in [0.3, 0.4) is 0 Å². The molecule has 1 aliphatic heterocycles. The Balaban J connectivity index is 1.88. The molecule has 1 saturated heterocycles. The molecule has 1 amide bonds. The van der Waals surface area contributed by atoms with E-state index in [1.807, 2.05) is 6.26 Å². The van der Waals surface area contributed by atoms with Gasteiger partial charge in [-0.3, -0.25) is 9.69 Å². The molecule has 0 spiro atoms. The third-order valence-electron chi connectivity index (χ3n) is 4.41. The number of furan rings is 1. The summed E-state index contributed by atoms with van der Waals surface area (Å²) in [7, 11) is 0. The average molecular weight is 488 g/mol. The molecule has 2 aromatic rings. The number of thioether (sulfide) groups is 2. The summed E-state index contributed by atoms with van der Waals surface area (Å²) in [6.45, 7) is 0. The van der Waals surface area contributed by atoms with E-state index in [9.17, 15) is 27.9 Å². The second kappa shape index (κ2) is 9.49. The summed E-state index contributed by atoms with van der Waals surface area (Å²) in [6.07, 6.45) is -1.13. The zero-order valence-electron chi connectivity index (χ0n) is 16.0. The van der Waals surface area contributed by atoms with Crippen LogP contribution in [0.4, 0.5) is 13.2 Å². The summed E-state index contributed by atoms with van der Waals surface area (Å²) in [5.41, 5.74) is -0.953. The Labute approximate surface area is 189 Å². The predicted octanol–water partition coefficient (Wildman–Crippen LogP) is 5.37. The molecular weight excluding hydrogens is 471 g/mol. The van der Waals surface area contributed by atoms with Gasteiger partial charge in [0, 0.05) is 11.6 Å². The van der Waals surface area contributed by atoms with Gasteiger partial charge in [-0.15, -0.1) is 0 Å². The minimum atomic E-state index is -4.55. The number of carbonyl (C=O) groups excluding carboxylic acids is 1. The molecule has 3 rings (SSSR count). The molecule has 1 atom stereocenters. The minimum absolute atomic E-state index is 0.00182. The van der Waals surface area contributed by atoms with Crippen molar-refractivity contribution in [3.63, 3.8) is 0 Å². The molecule has 1 aromatic heterocycles. The fourth-order valence-corrected chi connectivity index (χ4v) is 4.79. The van der Waals surface area contributed by atoms with Crippen LogP contribution in [-0.4, -0.2) is 44.3 Å². The van der Waals surface area contributed by atoms with Crippen LogP contribution in [0, 0.1) is 0 Å². The smallest absolute Gasteiger partial charge is 0.417 e. The Morgan fingerprint density at radius 3 is 2.68 bits per heavy atom. The zero-order valence-corrected chi connectivity index (χ0v) is 18.5. The molecule has 2 heterocycles. The van der Waals surface area contributed by atoms with E-state index in [4.69, 9.17) is 16.6 Å². The summed E-state index contributed by atoms with van der Waals surface area (Å²) >= 11 is 7.58. The lowest BCUT2D eigenvalue weighted by Gasteiger charge is -2.22. The first kappa shape index (κ1) is 23.4. The topological polar surface area (TPSA) is 70.8 Å². The fraction of sp³-hybridized carbons (Fsp3) is 0.250. The Hall–Kier alpha value is -2.24. The highest BCUT2D eigenvalue weighted by molar-refractivity contribution is 8.26. The number of carboxylic acids is 1. The summed E-state index contributed by atoms with van der Waals surface area (Å²) in [5.74, 6) is -1.04. The van der Waals surface area contributed by atoms with Crippen LogP contribution < -0.4 is 0 Å². The van der Waals surface area contributed by atoms with Gasteiger partial charge in [-0.05, 0) is 36.6 Å². The van der Waals surface area contributed by atoms with Gasteiger partial charge in [-0.1, -0.05) is 42.2 Å². The van der Waals surface area contributed by atoms with Crippen LogP contribution >= 0.6 is 35.7 Å². The Morgan fingerprint density at radius 1 is 1.32 bits per heavy atom. The van der Waals surface area contributed by atoms with Gasteiger partial charge in [-0.2, -0.15) is 24.9 Å². The van der Waals surface area contributed by atoms with Crippen LogP contribution in [0.2, 0.25) is 0 Å². The van der Waals surface area contributed by atoms with Crippen LogP contribution in [-0.2, 0) is 15.8 Å². The van der Waals surface area contributed by atoms with E-state index in [0.717, 1.165) is 22.7 Å². The van der Waals surface area contributed by atoms with Crippen LogP contribution in [0.5, 0.6) is 0 Å². The molecule has 0 radical (unpaired) electrons. The number of nitrogens with zero attached hydrogens (tertiary/aromatic N) is 1. The van der Waals surface area contributed by atoms with Gasteiger partial charge < -0.3 is 9.52 Å². The van der Waals surface area contributed by atoms with Gasteiger partial charge in [0.2, 0.25) is 0 Å². The van der Waals surface area contributed by atoms with Gasteiger partial charge in [0.05, 0.1) is 10.5 Å². The third-order valence-corrected chi connectivity index (χ3v) is 6.39. The maximum atomic E-state index is 13.3. The lowest BCUT2D eigenvalue weighted by molar-refractivity contribution is -0.145. The van der Waals surface area contributed by atoms with E-state index < -0.39 is 29.7 Å². The van der Waals surface area contributed by atoms with Gasteiger partial charge in [0.1, 0.15) is 21.9 Å². The second-order valence-corrected chi connectivity index (χ2v) is 9.09. The average Bonchev–Trinajstić information content (AvgIpc) is 3.27. The van der Waals surface area contributed by atoms with Crippen LogP contribution in [0.15, 0.2) is 45.7 Å². The van der Waals surface area contributed by atoms with Gasteiger partial charge in [0.15, 0.2) is 0 Å². The van der Waals surface area contributed by atoms with Gasteiger partial charge in [-0.25, -0.2) is 4.79 Å². The molecule has 31 heavy (non-hydrogen) atoms. The molecular formula is C20H16F3NO4S3. The standard InChI is InChI=1S/C20H16F3NO4S3/c1-30-9-8-14(18(26)27)24-17(25)16(31-19(24)29)10-11-6-7-15(28-11)12-4-2-3-5-13(12)20(21,22)23/h2-7,10,14H,8-9H2,1H3,(H,26,27)/b16-10-. The monoisotopic (exact) mass is 487 g/mol. The maximum absolute atomic E-state index is 13.3. The van der Waals surface area contributed by atoms with Gasteiger partial charge >= 0.3 is 12.1 Å². The number of hydrogen-bond acceptors (Lipinski definition) is 6. The highest BCUT2D eigenvalue weighted by Gasteiger charge is 2.40. The van der Waals surface area contributed by atoms with Crippen LogP contribution in [0.25, 0.3) is 17.4 Å². The number of halogens is 3. The Morgan fingerprint density at radius 2 is 2.03 bits per heavy atom. The van der Waals surface area contributed by atoms with Crippen molar-refractivity contribution < 1.29 is 32.3 Å². The Bertz CT molecular complexity index is 1050. The number of hydrogen-bond donors (Lipinski definition) is 1. The van der Waals surface area contributed by atoms with E-state index in [1.54, 1.807) is 0 Å². The third kappa shape index (κ3) is 5.16. The molecule has 164 valence electrons. The SMILES string of the molecule is CSCCC(C(=O)O)N1C(=O)/C(=C/c2ccc(-c3ccccc3C(F)(F)F)o2)SC1=S. The molecule has 5 nitrogen and oxygen atoms in total. The predicted molar refractivity (Wildman–Crippen MR) is 119 cm³/mol. The first-order valence-electron chi connectivity index (χ1n) is 8.88. The highest BCUT2D eigenvalue weighted by Crippen LogP contribution is 2.39. The molecule has 0 aliphatic carbocycles. The molecule has 1 fully saturated rings. The van der Waals surface area contributed by atoms with Crippen molar-refractivity contribution >= 4 is 58.0 Å². The lowest BCUT2D eigenvalue weighted by atomic mass is 10.1. The highest BCUT2D eigenvalue weighted by atomic mass is 32.2. The molecule has 1 N–H and O–H groups in total. The Kier molecular flexibility index (Phi) is 7.17. The van der Waals surface area contributed by atoms with E-state index in [1.165, 1.54) is 48.2 Å². The maximum Gasteiger partial charge on any atom is 0.417 e. The summed E-state index contributed by atoms with van der Waals surface area (Å²) in [5, 5.41) is 9.49. The van der Waals surface area contributed by atoms with Gasteiger partial charge in [0.25, 0.3) is 5.91 Å². The number of carbonyl (C=O) groups is 2. The van der Waals surface area contributed by atoms with Crippen molar-refractivity contribution in [2.24, 2.45) is 0 Å².